The van der Waals surface area contributed by atoms with Gasteiger partial charge in [-0.3, -0.25) is 16.3 Å². The van der Waals surface area contributed by atoms with Gasteiger partial charge in [0, 0.05) is 6.20 Å². The van der Waals surface area contributed by atoms with Crippen LogP contribution >= 0.6 is 0 Å². The molecule has 0 aliphatic rings. The summed E-state index contributed by atoms with van der Waals surface area (Å²) in [5.41, 5.74) is 3.96. The molecule has 1 aromatic heterocycles. The summed E-state index contributed by atoms with van der Waals surface area (Å²) in [7, 11) is 0. The molecule has 1 rings (SSSR count). The maximum Gasteiger partial charge on any atom is 0.137 e. The van der Waals surface area contributed by atoms with Crippen molar-refractivity contribution in [2.75, 3.05) is 6.61 Å². The molecule has 0 spiro atoms. The Labute approximate surface area is 104 Å². The van der Waals surface area contributed by atoms with Gasteiger partial charge in [0.15, 0.2) is 0 Å². The van der Waals surface area contributed by atoms with E-state index in [1.54, 1.807) is 6.20 Å². The molecular formula is C13H23N3O. The number of hydrazine groups is 1. The predicted molar refractivity (Wildman–Crippen MR) is 69.5 cm³/mol. The van der Waals surface area contributed by atoms with Crippen LogP contribution in [0.3, 0.4) is 0 Å². The Balaban J connectivity index is 2.83. The highest BCUT2D eigenvalue weighted by molar-refractivity contribution is 5.26. The van der Waals surface area contributed by atoms with E-state index in [9.17, 15) is 0 Å². The summed E-state index contributed by atoms with van der Waals surface area (Å²) >= 11 is 0. The number of hydrogen-bond acceptors (Lipinski definition) is 4. The summed E-state index contributed by atoms with van der Waals surface area (Å²) in [6, 6.07) is 2.13. The van der Waals surface area contributed by atoms with Crippen molar-refractivity contribution in [3.8, 4) is 5.75 Å². The van der Waals surface area contributed by atoms with Crippen molar-refractivity contribution in [1.29, 1.82) is 0 Å². The first-order chi connectivity index (χ1) is 8.22. The van der Waals surface area contributed by atoms with Crippen LogP contribution in [-0.4, -0.2) is 11.6 Å². The zero-order valence-electron chi connectivity index (χ0n) is 10.9. The summed E-state index contributed by atoms with van der Waals surface area (Å²) in [5, 5.41) is 0. The molecule has 0 amide bonds. The van der Waals surface area contributed by atoms with Crippen LogP contribution in [0.2, 0.25) is 0 Å². The van der Waals surface area contributed by atoms with Crippen LogP contribution in [0.25, 0.3) is 0 Å². The van der Waals surface area contributed by atoms with E-state index in [0.29, 0.717) is 12.5 Å². The van der Waals surface area contributed by atoms with E-state index in [4.69, 9.17) is 10.6 Å². The predicted octanol–water partition coefficient (Wildman–Crippen LogP) is 2.42. The molecule has 0 radical (unpaired) electrons. The molecule has 1 heterocycles. The third kappa shape index (κ3) is 3.98. The number of rotatable bonds is 7. The standard InChI is InChI=1S/C13H23N3O/c1-4-6-10(3)13(16-14)11-7-12(17-5-2)9-15-8-11/h7-10,13,16H,4-6,14H2,1-3H3. The number of hydrogen-bond donors (Lipinski definition) is 2. The van der Waals surface area contributed by atoms with Gasteiger partial charge in [-0.1, -0.05) is 20.3 Å². The average Bonchev–Trinajstić information content (AvgIpc) is 2.31. The number of nitrogens with two attached hydrogens (primary N) is 1. The Hall–Kier alpha value is -1.13. The van der Waals surface area contributed by atoms with Crippen molar-refractivity contribution in [2.24, 2.45) is 11.8 Å². The molecule has 17 heavy (non-hydrogen) atoms. The first kappa shape index (κ1) is 13.9. The van der Waals surface area contributed by atoms with Crippen LogP contribution in [0.1, 0.15) is 45.2 Å². The monoisotopic (exact) mass is 237 g/mol. The molecule has 1 aromatic rings. The minimum absolute atomic E-state index is 0.128. The van der Waals surface area contributed by atoms with Crippen molar-refractivity contribution in [2.45, 2.75) is 39.7 Å². The lowest BCUT2D eigenvalue weighted by atomic mass is 9.92. The van der Waals surface area contributed by atoms with E-state index in [2.05, 4.69) is 24.3 Å². The normalized spacial score (nSPS) is 14.4. The number of nitrogens with zero attached hydrogens (tertiary/aromatic N) is 1. The number of ether oxygens (including phenoxy) is 1. The van der Waals surface area contributed by atoms with E-state index >= 15 is 0 Å². The van der Waals surface area contributed by atoms with Gasteiger partial charge in [0.2, 0.25) is 0 Å². The second-order valence-electron chi connectivity index (χ2n) is 4.30. The quantitative estimate of drug-likeness (QED) is 0.565. The molecule has 0 aliphatic carbocycles. The smallest absolute Gasteiger partial charge is 0.137 e. The van der Waals surface area contributed by atoms with Crippen LogP contribution in [0.5, 0.6) is 5.75 Å². The second kappa shape index (κ2) is 7.25. The van der Waals surface area contributed by atoms with Crippen LogP contribution in [0, 0.1) is 5.92 Å². The molecule has 0 fully saturated rings. The van der Waals surface area contributed by atoms with Gasteiger partial charge in [0.1, 0.15) is 5.75 Å². The molecule has 96 valence electrons. The van der Waals surface area contributed by atoms with Crippen LogP contribution in [0.4, 0.5) is 0 Å². The largest absolute Gasteiger partial charge is 0.492 e. The van der Waals surface area contributed by atoms with E-state index in [0.717, 1.165) is 24.2 Å². The summed E-state index contributed by atoms with van der Waals surface area (Å²) in [5.74, 6) is 6.92. The topological polar surface area (TPSA) is 60.2 Å². The summed E-state index contributed by atoms with van der Waals surface area (Å²) in [4.78, 5) is 4.19. The van der Waals surface area contributed by atoms with Crippen molar-refractivity contribution < 1.29 is 4.74 Å². The first-order valence-electron chi connectivity index (χ1n) is 6.26. The number of aromatic nitrogens is 1. The van der Waals surface area contributed by atoms with Gasteiger partial charge in [-0.25, -0.2) is 0 Å². The van der Waals surface area contributed by atoms with E-state index in [1.165, 1.54) is 0 Å². The summed E-state index contributed by atoms with van der Waals surface area (Å²) in [6.45, 7) is 6.99. The lowest BCUT2D eigenvalue weighted by Gasteiger charge is -2.23. The molecule has 0 aromatic carbocycles. The van der Waals surface area contributed by atoms with Crippen LogP contribution < -0.4 is 16.0 Å². The average molecular weight is 237 g/mol. The molecular weight excluding hydrogens is 214 g/mol. The molecule has 0 saturated carbocycles. The van der Waals surface area contributed by atoms with Crippen molar-refractivity contribution >= 4 is 0 Å². The van der Waals surface area contributed by atoms with Crippen LogP contribution in [-0.2, 0) is 0 Å². The van der Waals surface area contributed by atoms with E-state index in [1.807, 2.05) is 19.2 Å². The molecule has 3 N–H and O–H groups in total. The molecule has 2 atom stereocenters. The van der Waals surface area contributed by atoms with E-state index < -0.39 is 0 Å². The highest BCUT2D eigenvalue weighted by atomic mass is 16.5. The van der Waals surface area contributed by atoms with Gasteiger partial charge in [-0.05, 0) is 30.9 Å². The Kier molecular flexibility index (Phi) is 5.94. The van der Waals surface area contributed by atoms with Crippen molar-refractivity contribution in [3.05, 3.63) is 24.0 Å². The Morgan fingerprint density at radius 1 is 1.41 bits per heavy atom. The third-order valence-electron chi connectivity index (χ3n) is 2.90. The molecule has 4 heteroatoms. The maximum atomic E-state index is 5.64. The van der Waals surface area contributed by atoms with Gasteiger partial charge in [0.05, 0.1) is 18.8 Å². The first-order valence-corrected chi connectivity index (χ1v) is 6.26. The minimum Gasteiger partial charge on any atom is -0.492 e. The molecule has 0 bridgehead atoms. The maximum absolute atomic E-state index is 5.64. The lowest BCUT2D eigenvalue weighted by Crippen LogP contribution is -2.32. The summed E-state index contributed by atoms with van der Waals surface area (Å²) in [6.07, 6.45) is 5.86. The lowest BCUT2D eigenvalue weighted by molar-refractivity contribution is 0.334. The van der Waals surface area contributed by atoms with Gasteiger partial charge < -0.3 is 4.74 Å². The second-order valence-corrected chi connectivity index (χ2v) is 4.30. The zero-order valence-corrected chi connectivity index (χ0v) is 10.9. The van der Waals surface area contributed by atoms with Crippen molar-refractivity contribution in [1.82, 2.24) is 10.4 Å². The van der Waals surface area contributed by atoms with Gasteiger partial charge in [-0.2, -0.15) is 0 Å². The third-order valence-corrected chi connectivity index (χ3v) is 2.90. The molecule has 2 unspecified atom stereocenters. The van der Waals surface area contributed by atoms with Gasteiger partial charge >= 0.3 is 0 Å². The SMILES string of the molecule is CCCC(C)C(NN)c1cncc(OCC)c1. The zero-order chi connectivity index (χ0) is 12.7. The highest BCUT2D eigenvalue weighted by Crippen LogP contribution is 2.26. The fourth-order valence-corrected chi connectivity index (χ4v) is 2.06. The number of pyridine rings is 1. The Morgan fingerprint density at radius 2 is 2.18 bits per heavy atom. The fraction of sp³-hybridized carbons (Fsp3) is 0.615. The van der Waals surface area contributed by atoms with Gasteiger partial charge in [-0.15, -0.1) is 0 Å². The molecule has 4 nitrogen and oxygen atoms in total. The fourth-order valence-electron chi connectivity index (χ4n) is 2.06. The Bertz CT molecular complexity index is 330. The summed E-state index contributed by atoms with van der Waals surface area (Å²) < 4.78 is 5.45. The van der Waals surface area contributed by atoms with Crippen LogP contribution in [0.15, 0.2) is 18.5 Å². The minimum atomic E-state index is 0.128. The Morgan fingerprint density at radius 3 is 2.76 bits per heavy atom. The number of nitrogens with one attached hydrogen (secondary N) is 1. The van der Waals surface area contributed by atoms with E-state index in [-0.39, 0.29) is 6.04 Å². The molecule has 0 aliphatic heterocycles. The molecule has 0 saturated heterocycles. The highest BCUT2D eigenvalue weighted by Gasteiger charge is 2.18. The van der Waals surface area contributed by atoms with Crippen molar-refractivity contribution in [3.63, 3.8) is 0 Å². The van der Waals surface area contributed by atoms with Gasteiger partial charge in [0.25, 0.3) is 0 Å².